The Hall–Kier alpha value is -3.80. The third-order valence-electron chi connectivity index (χ3n) is 5.05. The Bertz CT molecular complexity index is 1090. The third-order valence-corrected chi connectivity index (χ3v) is 5.05. The number of benzene rings is 3. The molecule has 0 amide bonds. The van der Waals surface area contributed by atoms with E-state index in [1.807, 2.05) is 0 Å². The van der Waals surface area contributed by atoms with Gasteiger partial charge in [0.1, 0.15) is 11.6 Å². The molecule has 0 spiro atoms. The van der Waals surface area contributed by atoms with Crippen LogP contribution in [0.15, 0.2) is 72.8 Å². The highest BCUT2D eigenvalue weighted by atomic mass is 19.1. The molecule has 0 saturated carbocycles. The Kier molecular flexibility index (Phi) is 6.92. The first-order chi connectivity index (χ1) is 14.9. The van der Waals surface area contributed by atoms with E-state index in [1.165, 1.54) is 43.5 Å². The van der Waals surface area contributed by atoms with Crippen molar-refractivity contribution in [2.24, 2.45) is 0 Å². The number of hydrogen-bond donors (Lipinski definition) is 1. The molecule has 0 saturated heterocycles. The standard InChI is InChI=1S/C25H21FO5/c1-31-22-11-7-17(8-12-22)24(28)15-20(18-3-2-4-19(13-18)25(29)30)14-23(27)16-5-9-21(26)10-6-16/h2-13,20H,14-15H2,1H3,(H,29,30). The second-order valence-electron chi connectivity index (χ2n) is 7.12. The average molecular weight is 420 g/mol. The van der Waals surface area contributed by atoms with Gasteiger partial charge in [-0.3, -0.25) is 9.59 Å². The SMILES string of the molecule is COc1ccc(C(=O)CC(CC(=O)c2ccc(F)cc2)c2cccc(C(=O)O)c2)cc1. The summed E-state index contributed by atoms with van der Waals surface area (Å²) in [6.45, 7) is 0. The lowest BCUT2D eigenvalue weighted by Gasteiger charge is -2.17. The van der Waals surface area contributed by atoms with Gasteiger partial charge >= 0.3 is 5.97 Å². The number of aromatic carboxylic acids is 1. The Morgan fingerprint density at radius 3 is 1.90 bits per heavy atom. The van der Waals surface area contributed by atoms with Crippen LogP contribution in [0.25, 0.3) is 0 Å². The first-order valence-electron chi connectivity index (χ1n) is 9.66. The fraction of sp³-hybridized carbons (Fsp3) is 0.160. The number of rotatable bonds is 9. The molecule has 3 rings (SSSR count). The van der Waals surface area contributed by atoms with E-state index in [0.717, 1.165) is 0 Å². The van der Waals surface area contributed by atoms with Crippen molar-refractivity contribution >= 4 is 17.5 Å². The summed E-state index contributed by atoms with van der Waals surface area (Å²) >= 11 is 0. The molecule has 6 heteroatoms. The van der Waals surface area contributed by atoms with Crippen LogP contribution in [0, 0.1) is 5.82 Å². The molecule has 0 fully saturated rings. The van der Waals surface area contributed by atoms with Crippen LogP contribution < -0.4 is 4.74 Å². The summed E-state index contributed by atoms with van der Waals surface area (Å²) in [5.74, 6) is -1.89. The van der Waals surface area contributed by atoms with Gasteiger partial charge in [0.15, 0.2) is 11.6 Å². The molecule has 3 aromatic rings. The number of methoxy groups -OCH3 is 1. The van der Waals surface area contributed by atoms with E-state index in [0.29, 0.717) is 22.4 Å². The van der Waals surface area contributed by atoms with Gasteiger partial charge in [0.2, 0.25) is 0 Å². The Morgan fingerprint density at radius 2 is 1.39 bits per heavy atom. The molecule has 5 nitrogen and oxygen atoms in total. The predicted octanol–water partition coefficient (Wildman–Crippen LogP) is 5.16. The maximum atomic E-state index is 13.2. The lowest BCUT2D eigenvalue weighted by molar-refractivity contribution is 0.0696. The van der Waals surface area contributed by atoms with Crippen molar-refractivity contribution in [1.82, 2.24) is 0 Å². The number of hydrogen-bond acceptors (Lipinski definition) is 4. The number of ketones is 2. The van der Waals surface area contributed by atoms with E-state index in [-0.39, 0.29) is 30.0 Å². The second kappa shape index (κ2) is 9.80. The third kappa shape index (κ3) is 5.63. The summed E-state index contributed by atoms with van der Waals surface area (Å²) in [6.07, 6.45) is -0.00106. The van der Waals surface area contributed by atoms with Gasteiger partial charge in [-0.1, -0.05) is 12.1 Å². The van der Waals surface area contributed by atoms with Crippen molar-refractivity contribution in [2.75, 3.05) is 7.11 Å². The quantitative estimate of drug-likeness (QED) is 0.484. The molecule has 31 heavy (non-hydrogen) atoms. The molecular weight excluding hydrogens is 399 g/mol. The van der Waals surface area contributed by atoms with Crippen molar-refractivity contribution in [1.29, 1.82) is 0 Å². The van der Waals surface area contributed by atoms with E-state index in [2.05, 4.69) is 0 Å². The molecule has 0 heterocycles. The number of carbonyl (C=O) groups is 3. The van der Waals surface area contributed by atoms with Crippen LogP contribution >= 0.6 is 0 Å². The summed E-state index contributed by atoms with van der Waals surface area (Å²) in [5.41, 5.74) is 1.46. The van der Waals surface area contributed by atoms with Gasteiger partial charge in [-0.2, -0.15) is 0 Å². The van der Waals surface area contributed by atoms with Gasteiger partial charge in [-0.25, -0.2) is 9.18 Å². The molecule has 1 N–H and O–H groups in total. The highest BCUT2D eigenvalue weighted by molar-refractivity contribution is 5.99. The average Bonchev–Trinajstić information content (AvgIpc) is 2.79. The van der Waals surface area contributed by atoms with E-state index >= 15 is 0 Å². The maximum absolute atomic E-state index is 13.2. The minimum Gasteiger partial charge on any atom is -0.497 e. The highest BCUT2D eigenvalue weighted by Crippen LogP contribution is 2.28. The molecule has 0 aliphatic carbocycles. The van der Waals surface area contributed by atoms with Gasteiger partial charge in [0.25, 0.3) is 0 Å². The van der Waals surface area contributed by atoms with Crippen LogP contribution in [0.2, 0.25) is 0 Å². The number of halogens is 1. The fourth-order valence-electron chi connectivity index (χ4n) is 3.33. The monoisotopic (exact) mass is 420 g/mol. The number of ether oxygens (including phenoxy) is 1. The zero-order valence-corrected chi connectivity index (χ0v) is 16.9. The molecule has 0 aliphatic heterocycles. The van der Waals surface area contributed by atoms with Crippen molar-refractivity contribution < 1.29 is 28.6 Å². The van der Waals surface area contributed by atoms with Crippen molar-refractivity contribution in [3.8, 4) is 5.75 Å². The first kappa shape index (κ1) is 21.9. The van der Waals surface area contributed by atoms with Gasteiger partial charge in [-0.05, 0) is 72.1 Å². The Balaban J connectivity index is 1.88. The summed E-state index contributed by atoms with van der Waals surface area (Å²) in [4.78, 5) is 37.1. The van der Waals surface area contributed by atoms with Gasteiger partial charge in [0.05, 0.1) is 12.7 Å². The van der Waals surface area contributed by atoms with Crippen molar-refractivity contribution in [3.05, 3.63) is 101 Å². The van der Waals surface area contributed by atoms with E-state index in [4.69, 9.17) is 4.74 Å². The van der Waals surface area contributed by atoms with Crippen LogP contribution in [0.4, 0.5) is 4.39 Å². The largest absolute Gasteiger partial charge is 0.497 e. The van der Waals surface area contributed by atoms with Crippen LogP contribution in [0.1, 0.15) is 55.4 Å². The predicted molar refractivity (Wildman–Crippen MR) is 113 cm³/mol. The van der Waals surface area contributed by atoms with E-state index in [1.54, 1.807) is 36.4 Å². The van der Waals surface area contributed by atoms with E-state index < -0.39 is 17.7 Å². The molecule has 3 aromatic carbocycles. The van der Waals surface area contributed by atoms with Gasteiger partial charge in [-0.15, -0.1) is 0 Å². The zero-order chi connectivity index (χ0) is 22.4. The van der Waals surface area contributed by atoms with Crippen LogP contribution in [0.3, 0.4) is 0 Å². The fourth-order valence-corrected chi connectivity index (χ4v) is 3.33. The molecule has 0 bridgehead atoms. The minimum atomic E-state index is -1.09. The lowest BCUT2D eigenvalue weighted by Crippen LogP contribution is -2.13. The molecule has 1 unspecified atom stereocenters. The van der Waals surface area contributed by atoms with Crippen LogP contribution in [-0.2, 0) is 0 Å². The molecule has 0 aromatic heterocycles. The number of carboxylic acids is 1. The highest BCUT2D eigenvalue weighted by Gasteiger charge is 2.22. The summed E-state index contributed by atoms with van der Waals surface area (Å²) in [7, 11) is 1.53. The lowest BCUT2D eigenvalue weighted by atomic mass is 9.85. The van der Waals surface area contributed by atoms with E-state index in [9.17, 15) is 23.9 Å². The Labute approximate surface area is 179 Å². The normalized spacial score (nSPS) is 11.5. The smallest absolute Gasteiger partial charge is 0.335 e. The zero-order valence-electron chi connectivity index (χ0n) is 16.9. The van der Waals surface area contributed by atoms with Gasteiger partial charge in [0, 0.05) is 24.0 Å². The molecule has 1 atom stereocenters. The summed E-state index contributed by atoms with van der Waals surface area (Å²) in [6, 6.07) is 18.1. The van der Waals surface area contributed by atoms with Crippen LogP contribution in [0.5, 0.6) is 5.75 Å². The Morgan fingerprint density at radius 1 is 0.839 bits per heavy atom. The molecule has 158 valence electrons. The van der Waals surface area contributed by atoms with Crippen molar-refractivity contribution in [2.45, 2.75) is 18.8 Å². The minimum absolute atomic E-state index is 0.0162. The molecule has 0 aliphatic rings. The van der Waals surface area contributed by atoms with Gasteiger partial charge < -0.3 is 9.84 Å². The second-order valence-corrected chi connectivity index (χ2v) is 7.12. The summed E-state index contributed by atoms with van der Waals surface area (Å²) in [5, 5.41) is 9.30. The first-order valence-corrected chi connectivity index (χ1v) is 9.66. The molecule has 0 radical (unpaired) electrons. The number of carboxylic acid groups (broad SMARTS) is 1. The maximum Gasteiger partial charge on any atom is 0.335 e. The number of Topliss-reactive ketones (excluding diaryl/α,β-unsaturated/α-hetero) is 2. The van der Waals surface area contributed by atoms with Crippen molar-refractivity contribution in [3.63, 3.8) is 0 Å². The topological polar surface area (TPSA) is 80.7 Å². The summed E-state index contributed by atoms with van der Waals surface area (Å²) < 4.78 is 18.3. The van der Waals surface area contributed by atoms with Crippen LogP contribution in [-0.4, -0.2) is 29.8 Å². The molecular formula is C25H21FO5. The number of carbonyl (C=O) groups excluding carboxylic acids is 2.